The van der Waals surface area contributed by atoms with Crippen LogP contribution in [0.5, 0.6) is 0 Å². The first-order chi connectivity index (χ1) is 8.72. The summed E-state index contributed by atoms with van der Waals surface area (Å²) in [5.41, 5.74) is 0.901. The Morgan fingerprint density at radius 2 is 2.11 bits per heavy atom. The van der Waals surface area contributed by atoms with Gasteiger partial charge in [0, 0.05) is 13.7 Å². The molecule has 1 rings (SSSR count). The molecule has 0 amide bonds. The van der Waals surface area contributed by atoms with Gasteiger partial charge in [-0.3, -0.25) is 0 Å². The summed E-state index contributed by atoms with van der Waals surface area (Å²) in [5.74, 6) is 3.62. The third kappa shape index (κ3) is 4.74. The highest BCUT2D eigenvalue weighted by atomic mass is 79.9. The Balaban J connectivity index is 2.94. The predicted molar refractivity (Wildman–Crippen MR) is 81.1 cm³/mol. The summed E-state index contributed by atoms with van der Waals surface area (Å²) in [5, 5.41) is 3.32. The molecule has 0 radical (unpaired) electrons. The molecule has 1 N–H and O–H groups in total. The molecule has 0 saturated heterocycles. The van der Waals surface area contributed by atoms with E-state index < -0.39 is 0 Å². The van der Waals surface area contributed by atoms with Gasteiger partial charge in [-0.25, -0.2) is 9.97 Å². The summed E-state index contributed by atoms with van der Waals surface area (Å²) in [6.07, 6.45) is 1.06. The van der Waals surface area contributed by atoms with E-state index in [1.54, 1.807) is 7.11 Å². The third-order valence-corrected chi connectivity index (χ3v) is 3.93. The van der Waals surface area contributed by atoms with E-state index in [0.29, 0.717) is 6.61 Å². The number of anilines is 1. The third-order valence-electron chi connectivity index (χ3n) is 2.22. The van der Waals surface area contributed by atoms with Crippen molar-refractivity contribution < 1.29 is 4.74 Å². The van der Waals surface area contributed by atoms with Crippen LogP contribution in [0.1, 0.15) is 31.8 Å². The first-order valence-electron chi connectivity index (χ1n) is 6.08. The molecule has 0 bridgehead atoms. The van der Waals surface area contributed by atoms with Gasteiger partial charge < -0.3 is 10.1 Å². The van der Waals surface area contributed by atoms with Crippen molar-refractivity contribution in [1.82, 2.24) is 9.97 Å². The second-order valence-electron chi connectivity index (χ2n) is 3.75. The van der Waals surface area contributed by atoms with E-state index in [2.05, 4.69) is 45.1 Å². The van der Waals surface area contributed by atoms with Crippen LogP contribution in [0, 0.1) is 0 Å². The number of methoxy groups -OCH3 is 1. The van der Waals surface area contributed by atoms with Gasteiger partial charge in [-0.1, -0.05) is 13.8 Å². The Morgan fingerprint density at radius 3 is 2.72 bits per heavy atom. The lowest BCUT2D eigenvalue weighted by atomic mass is 10.3. The van der Waals surface area contributed by atoms with E-state index in [1.807, 2.05) is 11.8 Å². The molecule has 18 heavy (non-hydrogen) atoms. The highest BCUT2D eigenvalue weighted by Crippen LogP contribution is 2.25. The molecule has 0 aliphatic heterocycles. The normalized spacial score (nSPS) is 10.7. The van der Waals surface area contributed by atoms with Gasteiger partial charge >= 0.3 is 0 Å². The first-order valence-corrected chi connectivity index (χ1v) is 8.03. The fourth-order valence-corrected chi connectivity index (χ4v) is 2.34. The average Bonchev–Trinajstić information content (AvgIpc) is 2.38. The Labute approximate surface area is 121 Å². The number of nitrogens with one attached hydrogen (secondary N) is 1. The Kier molecular flexibility index (Phi) is 7.62. The maximum atomic E-state index is 5.17. The van der Waals surface area contributed by atoms with Crippen LogP contribution in [-0.2, 0) is 17.1 Å². The summed E-state index contributed by atoms with van der Waals surface area (Å²) in [7, 11) is 1.67. The van der Waals surface area contributed by atoms with E-state index in [4.69, 9.17) is 4.74 Å². The minimum absolute atomic E-state index is 0.494. The van der Waals surface area contributed by atoms with Crippen molar-refractivity contribution in [2.24, 2.45) is 0 Å². The standard InChI is InChI=1S/C12H20BrN3OS/c1-4-6-14-12-11(13)9(7-17-3)15-10(16-12)8-18-5-2/h4-8H2,1-3H3,(H,14,15,16). The average molecular weight is 334 g/mol. The fourth-order valence-electron chi connectivity index (χ4n) is 1.40. The molecule has 1 heterocycles. The molecular formula is C12H20BrN3OS. The van der Waals surface area contributed by atoms with Gasteiger partial charge in [0.25, 0.3) is 0 Å². The van der Waals surface area contributed by atoms with Gasteiger partial charge in [0.2, 0.25) is 0 Å². The molecule has 0 aromatic carbocycles. The highest BCUT2D eigenvalue weighted by molar-refractivity contribution is 9.10. The predicted octanol–water partition coefficient (Wildman–Crippen LogP) is 3.46. The highest BCUT2D eigenvalue weighted by Gasteiger charge is 2.11. The summed E-state index contributed by atoms with van der Waals surface area (Å²) >= 11 is 5.36. The number of rotatable bonds is 8. The maximum Gasteiger partial charge on any atom is 0.144 e. The molecule has 102 valence electrons. The summed E-state index contributed by atoms with van der Waals surface area (Å²) < 4.78 is 6.08. The van der Waals surface area contributed by atoms with Crippen LogP contribution < -0.4 is 5.32 Å². The largest absolute Gasteiger partial charge is 0.378 e. The second-order valence-corrected chi connectivity index (χ2v) is 5.81. The van der Waals surface area contributed by atoms with Crippen LogP contribution in [0.2, 0.25) is 0 Å². The lowest BCUT2D eigenvalue weighted by molar-refractivity contribution is 0.180. The van der Waals surface area contributed by atoms with Crippen LogP contribution in [0.15, 0.2) is 4.47 Å². The van der Waals surface area contributed by atoms with Gasteiger partial charge in [-0.15, -0.1) is 0 Å². The molecular weight excluding hydrogens is 314 g/mol. The monoisotopic (exact) mass is 333 g/mol. The van der Waals surface area contributed by atoms with Crippen molar-refractivity contribution in [2.75, 3.05) is 24.7 Å². The molecule has 0 unspecified atom stereocenters. The van der Waals surface area contributed by atoms with Crippen LogP contribution in [0.25, 0.3) is 0 Å². The van der Waals surface area contributed by atoms with Crippen LogP contribution >= 0.6 is 27.7 Å². The number of halogens is 1. The topological polar surface area (TPSA) is 47.0 Å². The van der Waals surface area contributed by atoms with Crippen LogP contribution in [0.4, 0.5) is 5.82 Å². The minimum atomic E-state index is 0.494. The van der Waals surface area contributed by atoms with Gasteiger partial charge in [-0.2, -0.15) is 11.8 Å². The number of hydrogen-bond acceptors (Lipinski definition) is 5. The number of hydrogen-bond donors (Lipinski definition) is 1. The SMILES string of the molecule is CCCNc1nc(CSCC)nc(COC)c1Br. The van der Waals surface area contributed by atoms with Gasteiger partial charge in [0.1, 0.15) is 11.6 Å². The second kappa shape index (κ2) is 8.72. The van der Waals surface area contributed by atoms with Crippen molar-refractivity contribution in [1.29, 1.82) is 0 Å². The fraction of sp³-hybridized carbons (Fsp3) is 0.667. The minimum Gasteiger partial charge on any atom is -0.378 e. The molecule has 4 nitrogen and oxygen atoms in total. The Bertz CT molecular complexity index is 377. The van der Waals surface area contributed by atoms with Crippen LogP contribution in [0.3, 0.4) is 0 Å². The number of thioether (sulfide) groups is 1. The molecule has 1 aromatic rings. The van der Waals surface area contributed by atoms with Gasteiger partial charge in [0.15, 0.2) is 0 Å². The Hall–Kier alpha value is -0.330. The van der Waals surface area contributed by atoms with E-state index in [0.717, 1.165) is 46.3 Å². The zero-order chi connectivity index (χ0) is 13.4. The smallest absolute Gasteiger partial charge is 0.144 e. The van der Waals surface area contributed by atoms with Gasteiger partial charge in [0.05, 0.1) is 22.5 Å². The summed E-state index contributed by atoms with van der Waals surface area (Å²) in [6, 6.07) is 0. The van der Waals surface area contributed by atoms with Crippen LogP contribution in [-0.4, -0.2) is 29.4 Å². The first kappa shape index (κ1) is 15.7. The van der Waals surface area contributed by atoms with Crippen molar-refractivity contribution in [3.63, 3.8) is 0 Å². The van der Waals surface area contributed by atoms with E-state index in [-0.39, 0.29) is 0 Å². The van der Waals surface area contributed by atoms with Crippen molar-refractivity contribution in [3.05, 3.63) is 16.0 Å². The van der Waals surface area contributed by atoms with Crippen molar-refractivity contribution in [3.8, 4) is 0 Å². The number of ether oxygens (including phenoxy) is 1. The molecule has 0 spiro atoms. The molecule has 0 aliphatic rings. The molecule has 6 heteroatoms. The number of aromatic nitrogens is 2. The molecule has 0 atom stereocenters. The molecule has 0 aliphatic carbocycles. The lowest BCUT2D eigenvalue weighted by Crippen LogP contribution is -2.09. The molecule has 1 aromatic heterocycles. The summed E-state index contributed by atoms with van der Waals surface area (Å²) in [6.45, 7) is 5.66. The zero-order valence-electron chi connectivity index (χ0n) is 11.1. The quantitative estimate of drug-likeness (QED) is 0.789. The molecule has 0 fully saturated rings. The van der Waals surface area contributed by atoms with E-state index in [1.165, 1.54) is 0 Å². The zero-order valence-corrected chi connectivity index (χ0v) is 13.5. The summed E-state index contributed by atoms with van der Waals surface area (Å²) in [4.78, 5) is 9.07. The Morgan fingerprint density at radius 1 is 1.33 bits per heavy atom. The van der Waals surface area contributed by atoms with Crippen molar-refractivity contribution >= 4 is 33.5 Å². The maximum absolute atomic E-state index is 5.17. The van der Waals surface area contributed by atoms with Crippen molar-refractivity contribution in [2.45, 2.75) is 32.6 Å². The van der Waals surface area contributed by atoms with E-state index in [9.17, 15) is 0 Å². The number of nitrogens with zero attached hydrogens (tertiary/aromatic N) is 2. The lowest BCUT2D eigenvalue weighted by Gasteiger charge is -2.12. The van der Waals surface area contributed by atoms with Gasteiger partial charge in [-0.05, 0) is 28.1 Å². The van der Waals surface area contributed by atoms with E-state index >= 15 is 0 Å². The molecule has 0 saturated carbocycles.